The van der Waals surface area contributed by atoms with E-state index in [1.807, 2.05) is 29.2 Å². The molecule has 0 atom stereocenters. The van der Waals surface area contributed by atoms with Crippen molar-refractivity contribution in [2.75, 3.05) is 24.5 Å². The van der Waals surface area contributed by atoms with Crippen LogP contribution in [0.25, 0.3) is 0 Å². The number of halogens is 1. The van der Waals surface area contributed by atoms with Crippen LogP contribution in [0.5, 0.6) is 0 Å². The van der Waals surface area contributed by atoms with Crippen molar-refractivity contribution in [2.45, 2.75) is 0 Å². The van der Waals surface area contributed by atoms with Crippen molar-refractivity contribution < 1.29 is 8.42 Å². The van der Waals surface area contributed by atoms with Gasteiger partial charge in [-0.2, -0.15) is 8.42 Å². The molecule has 6 heteroatoms. The zero-order valence-electron chi connectivity index (χ0n) is 8.48. The highest BCUT2D eigenvalue weighted by Crippen LogP contribution is 2.19. The Morgan fingerprint density at radius 1 is 1.25 bits per heavy atom. The van der Waals surface area contributed by atoms with E-state index in [-0.39, 0.29) is 0 Å². The third kappa shape index (κ3) is 2.45. The Labute approximate surface area is 104 Å². The fourth-order valence-electron chi connectivity index (χ4n) is 1.65. The van der Waals surface area contributed by atoms with Crippen molar-refractivity contribution in [1.82, 2.24) is 5.32 Å². The fraction of sp³-hybridized carbons (Fsp3) is 0.300. The van der Waals surface area contributed by atoms with E-state index in [1.54, 1.807) is 0 Å². The molecule has 1 aromatic carbocycles. The second-order valence-electron chi connectivity index (χ2n) is 3.43. The van der Waals surface area contributed by atoms with E-state index < -0.39 is 10.3 Å². The van der Waals surface area contributed by atoms with Gasteiger partial charge in [0.25, 0.3) is 0 Å². The number of hydrogen-bond donors (Lipinski definition) is 1. The van der Waals surface area contributed by atoms with E-state index in [0.29, 0.717) is 18.1 Å². The highest BCUT2D eigenvalue weighted by atomic mass is 79.9. The number of nitrogens with one attached hydrogen (secondary N) is 1. The van der Waals surface area contributed by atoms with Crippen LogP contribution in [0.4, 0.5) is 5.69 Å². The van der Waals surface area contributed by atoms with Gasteiger partial charge in [0, 0.05) is 23.2 Å². The molecule has 86 valence electrons. The predicted molar refractivity (Wildman–Crippen MR) is 68.3 cm³/mol. The number of benzene rings is 1. The van der Waals surface area contributed by atoms with Gasteiger partial charge in [0.2, 0.25) is 10.3 Å². The third-order valence-corrected chi connectivity index (χ3v) is 3.70. The van der Waals surface area contributed by atoms with Crippen LogP contribution in [0, 0.1) is 0 Å². The number of piperazine rings is 1. The summed E-state index contributed by atoms with van der Waals surface area (Å²) in [6.07, 6.45) is 0. The van der Waals surface area contributed by atoms with E-state index >= 15 is 0 Å². The largest absolute Gasteiger partial charge is 0.330 e. The van der Waals surface area contributed by atoms with Crippen molar-refractivity contribution in [1.29, 1.82) is 0 Å². The minimum absolute atomic E-state index is 0.395. The summed E-state index contributed by atoms with van der Waals surface area (Å²) < 4.78 is 23.1. The van der Waals surface area contributed by atoms with Crippen LogP contribution in [0.3, 0.4) is 0 Å². The standard InChI is InChI=1S/C10H11BrN2O2S/c11-8-1-3-9(4-2-8)13-6-5-12-7-10(13)16(14)15/h1-4,12H,5-7H2. The number of hydrogen-bond acceptors (Lipinski definition) is 3. The van der Waals surface area contributed by atoms with Crippen LogP contribution < -0.4 is 10.2 Å². The molecular formula is C10H11BrN2O2S. The summed E-state index contributed by atoms with van der Waals surface area (Å²) in [5.41, 5.74) is 0.906. The first kappa shape index (κ1) is 11.6. The van der Waals surface area contributed by atoms with Crippen molar-refractivity contribution in [3.63, 3.8) is 0 Å². The lowest BCUT2D eigenvalue weighted by atomic mass is 10.2. The second-order valence-corrected chi connectivity index (χ2v) is 5.29. The van der Waals surface area contributed by atoms with Crippen LogP contribution in [0.2, 0.25) is 0 Å². The average molecular weight is 303 g/mol. The molecule has 0 bridgehead atoms. The molecule has 1 aliphatic rings. The van der Waals surface area contributed by atoms with E-state index in [9.17, 15) is 8.42 Å². The van der Waals surface area contributed by atoms with Crippen molar-refractivity contribution in [3.8, 4) is 0 Å². The summed E-state index contributed by atoms with van der Waals surface area (Å²) in [5, 5.41) is 3.05. The first-order valence-corrected chi connectivity index (χ1v) is 6.74. The van der Waals surface area contributed by atoms with Gasteiger partial charge in [-0.15, -0.1) is 0 Å². The molecular weight excluding hydrogens is 292 g/mol. The lowest BCUT2D eigenvalue weighted by Gasteiger charge is -2.29. The molecule has 0 aliphatic carbocycles. The number of nitrogens with zero attached hydrogens (tertiary/aromatic N) is 1. The summed E-state index contributed by atoms with van der Waals surface area (Å²) in [5.74, 6) is 0. The Bertz CT molecular complexity index is 502. The first-order valence-electron chi connectivity index (χ1n) is 4.87. The summed E-state index contributed by atoms with van der Waals surface area (Å²) >= 11 is 3.35. The molecule has 1 aromatic rings. The van der Waals surface area contributed by atoms with E-state index in [4.69, 9.17) is 0 Å². The van der Waals surface area contributed by atoms with E-state index in [1.165, 1.54) is 0 Å². The Hall–Kier alpha value is -0.850. The Balaban J connectivity index is 2.38. The SMILES string of the molecule is O=S(=O)=C1CNCCN1c1ccc(Br)cc1. The second kappa shape index (κ2) is 4.99. The summed E-state index contributed by atoms with van der Waals surface area (Å²) in [4.78, 5) is 2.22. The van der Waals surface area contributed by atoms with Gasteiger partial charge >= 0.3 is 0 Å². The molecule has 0 spiro atoms. The van der Waals surface area contributed by atoms with Gasteiger partial charge in [0.1, 0.15) is 0 Å². The summed E-state index contributed by atoms with van der Waals surface area (Å²) in [7, 11) is -2.17. The smallest absolute Gasteiger partial charge is 0.235 e. The zero-order chi connectivity index (χ0) is 11.5. The average Bonchev–Trinajstić information content (AvgIpc) is 2.30. The molecule has 1 N–H and O–H groups in total. The van der Waals surface area contributed by atoms with Gasteiger partial charge in [0.15, 0.2) is 4.99 Å². The number of anilines is 1. The molecule has 0 radical (unpaired) electrons. The minimum atomic E-state index is -2.17. The molecule has 4 nitrogen and oxygen atoms in total. The molecule has 0 unspecified atom stereocenters. The fourth-order valence-corrected chi connectivity index (χ4v) is 2.51. The molecule has 0 amide bonds. The minimum Gasteiger partial charge on any atom is -0.330 e. The van der Waals surface area contributed by atoms with Gasteiger partial charge in [-0.05, 0) is 24.3 Å². The molecule has 0 aromatic heterocycles. The number of rotatable bonds is 1. The van der Waals surface area contributed by atoms with Gasteiger partial charge in [-0.1, -0.05) is 15.9 Å². The third-order valence-electron chi connectivity index (χ3n) is 2.42. The molecule has 2 rings (SSSR count). The molecule has 1 heterocycles. The Morgan fingerprint density at radius 2 is 1.94 bits per heavy atom. The Morgan fingerprint density at radius 3 is 2.56 bits per heavy atom. The molecule has 1 aliphatic heterocycles. The van der Waals surface area contributed by atoms with E-state index in [2.05, 4.69) is 21.2 Å². The van der Waals surface area contributed by atoms with E-state index in [0.717, 1.165) is 16.7 Å². The summed E-state index contributed by atoms with van der Waals surface area (Å²) in [6, 6.07) is 7.62. The van der Waals surface area contributed by atoms with Crippen LogP contribution >= 0.6 is 15.9 Å². The molecule has 0 saturated carbocycles. The monoisotopic (exact) mass is 302 g/mol. The maximum Gasteiger partial charge on any atom is 0.235 e. The molecule has 1 fully saturated rings. The highest BCUT2D eigenvalue weighted by molar-refractivity contribution is 9.10. The maximum absolute atomic E-state index is 11.1. The van der Waals surface area contributed by atoms with Crippen LogP contribution in [-0.2, 0) is 10.3 Å². The normalized spacial score (nSPS) is 16.3. The lowest BCUT2D eigenvalue weighted by Crippen LogP contribution is -2.48. The van der Waals surface area contributed by atoms with Gasteiger partial charge in [0.05, 0.1) is 6.54 Å². The first-order chi connectivity index (χ1) is 7.68. The maximum atomic E-state index is 11.1. The van der Waals surface area contributed by atoms with Crippen LogP contribution in [-0.4, -0.2) is 33.0 Å². The van der Waals surface area contributed by atoms with Crippen LogP contribution in [0.15, 0.2) is 28.7 Å². The highest BCUT2D eigenvalue weighted by Gasteiger charge is 2.18. The Kier molecular flexibility index (Phi) is 3.63. The topological polar surface area (TPSA) is 49.4 Å². The van der Waals surface area contributed by atoms with Crippen molar-refractivity contribution >= 4 is 36.9 Å². The lowest BCUT2D eigenvalue weighted by molar-refractivity contribution is 0.624. The van der Waals surface area contributed by atoms with Crippen molar-refractivity contribution in [2.24, 2.45) is 0 Å². The molecule has 16 heavy (non-hydrogen) atoms. The summed E-state index contributed by atoms with van der Waals surface area (Å²) in [6.45, 7) is 1.86. The van der Waals surface area contributed by atoms with Crippen LogP contribution in [0.1, 0.15) is 0 Å². The van der Waals surface area contributed by atoms with Crippen molar-refractivity contribution in [3.05, 3.63) is 28.7 Å². The van der Waals surface area contributed by atoms with Gasteiger partial charge in [-0.25, -0.2) is 0 Å². The van der Waals surface area contributed by atoms with Gasteiger partial charge in [-0.3, -0.25) is 0 Å². The van der Waals surface area contributed by atoms with Gasteiger partial charge < -0.3 is 10.2 Å². The molecule has 1 saturated heterocycles. The zero-order valence-corrected chi connectivity index (χ0v) is 10.9. The predicted octanol–water partition coefficient (Wildman–Crippen LogP) is 0.868. The quantitative estimate of drug-likeness (QED) is 0.782.